The zero-order valence-corrected chi connectivity index (χ0v) is 16.9. The second-order valence-electron chi connectivity index (χ2n) is 7.23. The van der Waals surface area contributed by atoms with Gasteiger partial charge < -0.3 is 12.4 Å². The Balaban J connectivity index is 0. The lowest BCUT2D eigenvalue weighted by Crippen LogP contribution is -3.00. The molecule has 4 heteroatoms. The molecule has 3 nitrogen and oxygen atoms in total. The summed E-state index contributed by atoms with van der Waals surface area (Å²) < 4.78 is 0.605. The van der Waals surface area contributed by atoms with E-state index in [2.05, 4.69) is 33.4 Å². The van der Waals surface area contributed by atoms with Gasteiger partial charge in [-0.1, -0.05) is 78.1 Å². The van der Waals surface area contributed by atoms with Crippen LogP contribution in [0.25, 0.3) is 0 Å². The Morgan fingerprint density at radius 1 is 0.739 bits per heavy atom. The molecule has 0 aromatic heterocycles. The van der Waals surface area contributed by atoms with Gasteiger partial charge in [0.15, 0.2) is 0 Å². The smallest absolute Gasteiger partial charge is 0.264 e. The summed E-state index contributed by atoms with van der Waals surface area (Å²) in [5, 5.41) is 0. The van der Waals surface area contributed by atoms with Crippen molar-refractivity contribution in [2.75, 3.05) is 20.6 Å². The van der Waals surface area contributed by atoms with Gasteiger partial charge in [0.05, 0.1) is 14.1 Å². The van der Waals surface area contributed by atoms with Crippen LogP contribution in [0.1, 0.15) is 97.3 Å². The van der Waals surface area contributed by atoms with Crippen molar-refractivity contribution in [1.82, 2.24) is 5.43 Å². The maximum atomic E-state index is 11.9. The molecule has 0 unspecified atom stereocenters. The van der Waals surface area contributed by atoms with Gasteiger partial charge in [-0.2, -0.15) is 0 Å². The Morgan fingerprint density at radius 3 is 1.61 bits per heavy atom. The van der Waals surface area contributed by atoms with Gasteiger partial charge in [-0.3, -0.25) is 4.79 Å². The number of carbonyl (C=O) groups excluding carboxylic acids is 1. The number of halogens is 1. The molecule has 0 heterocycles. The minimum absolute atomic E-state index is 0. The van der Waals surface area contributed by atoms with Crippen molar-refractivity contribution < 1.29 is 21.8 Å². The van der Waals surface area contributed by atoms with Crippen molar-refractivity contribution in [1.29, 1.82) is 0 Å². The lowest BCUT2D eigenvalue weighted by atomic mass is 10.1. The lowest BCUT2D eigenvalue weighted by molar-refractivity contribution is -0.925. The molecule has 23 heavy (non-hydrogen) atoms. The van der Waals surface area contributed by atoms with E-state index in [1.807, 2.05) is 0 Å². The first-order chi connectivity index (χ1) is 10.5. The Kier molecular flexibility index (Phi) is 18.0. The maximum Gasteiger partial charge on any atom is 0.264 e. The van der Waals surface area contributed by atoms with Gasteiger partial charge >= 0.3 is 0 Å². The van der Waals surface area contributed by atoms with Crippen LogP contribution in [0.3, 0.4) is 0 Å². The molecule has 1 N–H and O–H groups in total. The molecule has 0 saturated heterocycles. The van der Waals surface area contributed by atoms with Crippen LogP contribution in [-0.2, 0) is 4.79 Å². The van der Waals surface area contributed by atoms with Gasteiger partial charge in [0.2, 0.25) is 0 Å². The fourth-order valence-corrected chi connectivity index (χ4v) is 2.96. The molecule has 1 amide bonds. The highest BCUT2D eigenvalue weighted by Crippen LogP contribution is 2.12. The predicted molar refractivity (Wildman–Crippen MR) is 96.5 cm³/mol. The molecule has 140 valence electrons. The molecule has 0 fully saturated rings. The first-order valence-electron chi connectivity index (χ1n) is 9.66. The molecule has 0 aromatic rings. The van der Waals surface area contributed by atoms with Crippen LogP contribution in [0, 0.1) is 0 Å². The second kappa shape index (κ2) is 16.6. The highest BCUT2D eigenvalue weighted by atomic mass is 35.5. The van der Waals surface area contributed by atoms with Crippen LogP contribution in [0.4, 0.5) is 0 Å². The third kappa shape index (κ3) is 17.9. The Morgan fingerprint density at radius 2 is 1.17 bits per heavy atom. The topological polar surface area (TPSA) is 29.1 Å². The molecule has 0 atom stereocenters. The molecule has 0 spiro atoms. The van der Waals surface area contributed by atoms with E-state index in [4.69, 9.17) is 0 Å². The highest BCUT2D eigenvalue weighted by Gasteiger charge is 2.16. The van der Waals surface area contributed by atoms with Crippen LogP contribution in [-0.4, -0.2) is 31.1 Å². The van der Waals surface area contributed by atoms with Crippen molar-refractivity contribution >= 4 is 5.91 Å². The van der Waals surface area contributed by atoms with Crippen molar-refractivity contribution in [3.63, 3.8) is 0 Å². The standard InChI is InChI=1S/C19H40N2O.ClH/c1-5-7-8-9-10-11-12-13-14-15-16-17-19(22)20-21(3,4)18-6-2;/h5-18H2,1-4H3;1H. The third-order valence-electron chi connectivity index (χ3n) is 4.22. The quantitative estimate of drug-likeness (QED) is 0.274. The van der Waals surface area contributed by atoms with E-state index in [1.54, 1.807) is 0 Å². The maximum absolute atomic E-state index is 11.9. The zero-order chi connectivity index (χ0) is 16.7. The van der Waals surface area contributed by atoms with E-state index in [1.165, 1.54) is 64.2 Å². The predicted octanol–water partition coefficient (Wildman–Crippen LogP) is 2.21. The van der Waals surface area contributed by atoms with E-state index < -0.39 is 0 Å². The normalized spacial score (nSPS) is 11.1. The number of hydrogen-bond donors (Lipinski definition) is 1. The largest absolute Gasteiger partial charge is 1.00 e. The second-order valence-corrected chi connectivity index (χ2v) is 7.23. The molecule has 0 saturated carbocycles. The van der Waals surface area contributed by atoms with E-state index in [9.17, 15) is 4.79 Å². The Hall–Kier alpha value is -0.280. The monoisotopic (exact) mass is 348 g/mol. The zero-order valence-electron chi connectivity index (χ0n) is 16.1. The number of nitrogens with zero attached hydrogens (tertiary/aromatic N) is 1. The molecule has 0 aliphatic heterocycles. The Bertz CT molecular complexity index is 270. The molecule has 0 aliphatic rings. The van der Waals surface area contributed by atoms with Gasteiger partial charge in [0, 0.05) is 6.42 Å². The fraction of sp³-hybridized carbons (Fsp3) is 0.947. The summed E-state index contributed by atoms with van der Waals surface area (Å²) >= 11 is 0. The van der Waals surface area contributed by atoms with E-state index >= 15 is 0 Å². The van der Waals surface area contributed by atoms with Crippen molar-refractivity contribution in [3.8, 4) is 0 Å². The van der Waals surface area contributed by atoms with E-state index in [0.29, 0.717) is 11.0 Å². The van der Waals surface area contributed by atoms with E-state index in [0.717, 1.165) is 19.4 Å². The summed E-state index contributed by atoms with van der Waals surface area (Å²) in [7, 11) is 4.11. The van der Waals surface area contributed by atoms with Crippen molar-refractivity contribution in [2.24, 2.45) is 0 Å². The van der Waals surface area contributed by atoms with Crippen LogP contribution in [0.5, 0.6) is 0 Å². The average Bonchev–Trinajstić information content (AvgIpc) is 2.44. The Labute approximate surface area is 151 Å². The van der Waals surface area contributed by atoms with Crippen molar-refractivity contribution in [2.45, 2.75) is 97.3 Å². The summed E-state index contributed by atoms with van der Waals surface area (Å²) in [6, 6.07) is 0. The summed E-state index contributed by atoms with van der Waals surface area (Å²) in [5.41, 5.74) is 3.09. The van der Waals surface area contributed by atoms with Crippen LogP contribution < -0.4 is 17.8 Å². The number of unbranched alkanes of at least 4 members (excludes halogenated alkanes) is 10. The summed E-state index contributed by atoms with van der Waals surface area (Å²) in [5.74, 6) is 0.203. The fourth-order valence-electron chi connectivity index (χ4n) is 2.96. The molecular weight excluding hydrogens is 308 g/mol. The number of carbonyl (C=O) groups is 1. The molecule has 0 aliphatic carbocycles. The first-order valence-corrected chi connectivity index (χ1v) is 9.66. The van der Waals surface area contributed by atoms with Gasteiger partial charge in [0.1, 0.15) is 6.54 Å². The summed E-state index contributed by atoms with van der Waals surface area (Å²) in [6.45, 7) is 5.41. The number of amides is 1. The highest BCUT2D eigenvalue weighted by molar-refractivity contribution is 5.74. The average molecular weight is 349 g/mol. The molecule has 0 rings (SSSR count). The van der Waals surface area contributed by atoms with Gasteiger partial charge in [0.25, 0.3) is 5.91 Å². The lowest BCUT2D eigenvalue weighted by Gasteiger charge is -2.28. The number of quaternary nitrogens is 1. The number of nitrogens with one attached hydrogen (secondary N) is 1. The summed E-state index contributed by atoms with van der Waals surface area (Å²) in [4.78, 5) is 11.9. The van der Waals surface area contributed by atoms with Crippen LogP contribution in [0.2, 0.25) is 0 Å². The minimum atomic E-state index is 0. The SMILES string of the molecule is CCCCCCCCCCCCCC(=O)N[N+](C)(C)CCC.[Cl-]. The molecular formula is C19H41ClN2O. The molecule has 0 bridgehead atoms. The van der Waals surface area contributed by atoms with Crippen molar-refractivity contribution in [3.05, 3.63) is 0 Å². The van der Waals surface area contributed by atoms with Gasteiger partial charge in [-0.15, -0.1) is 0 Å². The summed E-state index contributed by atoms with van der Waals surface area (Å²) in [6.07, 6.45) is 16.4. The first kappa shape index (κ1) is 25.0. The molecule has 0 aromatic carbocycles. The van der Waals surface area contributed by atoms with Crippen LogP contribution in [0.15, 0.2) is 0 Å². The molecule has 0 radical (unpaired) electrons. The number of hydrogen-bond acceptors (Lipinski definition) is 1. The van der Waals surface area contributed by atoms with Gasteiger partial charge in [-0.05, 0) is 12.8 Å². The number of rotatable bonds is 15. The minimum Gasteiger partial charge on any atom is -1.00 e. The van der Waals surface area contributed by atoms with E-state index in [-0.39, 0.29) is 18.3 Å². The third-order valence-corrected chi connectivity index (χ3v) is 4.22. The van der Waals surface area contributed by atoms with Crippen LogP contribution >= 0.6 is 0 Å². The van der Waals surface area contributed by atoms with Gasteiger partial charge in [-0.25, -0.2) is 10.0 Å².